The summed E-state index contributed by atoms with van der Waals surface area (Å²) in [5.41, 5.74) is 2.50. The Labute approximate surface area is 202 Å². The summed E-state index contributed by atoms with van der Waals surface area (Å²) in [6.45, 7) is 7.78. The number of aromatic nitrogens is 3. The van der Waals surface area contributed by atoms with Gasteiger partial charge in [-0.15, -0.1) is 0 Å². The van der Waals surface area contributed by atoms with Crippen LogP contribution in [0.3, 0.4) is 0 Å². The van der Waals surface area contributed by atoms with E-state index in [0.717, 1.165) is 44.3 Å². The highest BCUT2D eigenvalue weighted by atomic mass is 32.2. The summed E-state index contributed by atoms with van der Waals surface area (Å²) in [6.07, 6.45) is 4.40. The summed E-state index contributed by atoms with van der Waals surface area (Å²) in [7, 11) is -3.55. The van der Waals surface area contributed by atoms with E-state index < -0.39 is 10.0 Å². The smallest absolute Gasteiger partial charge is 0.241 e. The van der Waals surface area contributed by atoms with Crippen LogP contribution in [0.25, 0.3) is 0 Å². The maximum absolute atomic E-state index is 11.8. The first-order valence-electron chi connectivity index (χ1n) is 11.9. The van der Waals surface area contributed by atoms with Crippen molar-refractivity contribution < 1.29 is 18.3 Å². The third-order valence-electron chi connectivity index (χ3n) is 5.95. The molecule has 0 saturated carbocycles. The van der Waals surface area contributed by atoms with Gasteiger partial charge in [0.1, 0.15) is 5.82 Å². The van der Waals surface area contributed by atoms with Crippen LogP contribution in [0.15, 0.2) is 24.3 Å². The molecular weight excluding hydrogens is 454 g/mol. The first-order valence-corrected chi connectivity index (χ1v) is 13.8. The number of aliphatic hydroxyl groups excluding tert-OH is 1. The number of ether oxygens (including phenoxy) is 1. The van der Waals surface area contributed by atoms with E-state index in [1.807, 2.05) is 0 Å². The Morgan fingerprint density at radius 1 is 1.06 bits per heavy atom. The molecule has 2 atom stereocenters. The molecule has 10 heteroatoms. The van der Waals surface area contributed by atoms with Crippen LogP contribution in [-0.2, 0) is 21.2 Å². The molecular formula is C24H37N5O4S. The van der Waals surface area contributed by atoms with Gasteiger partial charge in [0.25, 0.3) is 0 Å². The minimum atomic E-state index is -3.55. The molecule has 0 bridgehead atoms. The van der Waals surface area contributed by atoms with E-state index in [0.29, 0.717) is 24.1 Å². The molecule has 0 amide bonds. The van der Waals surface area contributed by atoms with Crippen LogP contribution in [0.4, 0.5) is 11.9 Å². The fraction of sp³-hybridized carbons (Fsp3) is 0.625. The van der Waals surface area contributed by atoms with Crippen LogP contribution in [0.5, 0.6) is 0 Å². The number of anilines is 2. The quantitative estimate of drug-likeness (QED) is 0.437. The first kappa shape index (κ1) is 26.3. The summed E-state index contributed by atoms with van der Waals surface area (Å²) in [5.74, 6) is 1.73. The van der Waals surface area contributed by atoms with Crippen LogP contribution in [-0.4, -0.2) is 60.6 Å². The van der Waals surface area contributed by atoms with Crippen molar-refractivity contribution in [2.45, 2.75) is 64.3 Å². The van der Waals surface area contributed by atoms with E-state index in [9.17, 15) is 13.5 Å². The van der Waals surface area contributed by atoms with Crippen molar-refractivity contribution in [3.8, 4) is 0 Å². The Balaban J connectivity index is 1.77. The Bertz CT molecular complexity index is 1020. The van der Waals surface area contributed by atoms with Gasteiger partial charge in [0, 0.05) is 19.6 Å². The molecule has 2 heterocycles. The van der Waals surface area contributed by atoms with E-state index in [1.54, 1.807) is 0 Å². The SMILES string of the molecule is CC(C)CC(CO)Nc1nc(CC(C)c2ccc(C3CCOCC3)cc2)nc(NS(C)(=O)=O)n1. The van der Waals surface area contributed by atoms with Crippen LogP contribution >= 0.6 is 0 Å². The predicted octanol–water partition coefficient (Wildman–Crippen LogP) is 3.30. The number of nitrogens with one attached hydrogen (secondary N) is 2. The lowest BCUT2D eigenvalue weighted by Crippen LogP contribution is -2.27. The molecule has 3 N–H and O–H groups in total. The maximum atomic E-state index is 11.8. The molecule has 9 nitrogen and oxygen atoms in total. The number of benzene rings is 1. The van der Waals surface area contributed by atoms with Gasteiger partial charge in [0.05, 0.1) is 18.9 Å². The molecule has 1 aromatic heterocycles. The molecule has 0 spiro atoms. The van der Waals surface area contributed by atoms with Crippen molar-refractivity contribution in [1.82, 2.24) is 15.0 Å². The molecule has 1 fully saturated rings. The van der Waals surface area contributed by atoms with E-state index in [2.05, 4.69) is 70.0 Å². The normalized spacial score (nSPS) is 16.9. The number of hydrogen-bond donors (Lipinski definition) is 3. The maximum Gasteiger partial charge on any atom is 0.241 e. The van der Waals surface area contributed by atoms with Gasteiger partial charge in [0.15, 0.2) is 0 Å². The van der Waals surface area contributed by atoms with Crippen molar-refractivity contribution in [3.63, 3.8) is 0 Å². The highest BCUT2D eigenvalue weighted by Gasteiger charge is 2.19. The Morgan fingerprint density at radius 2 is 1.71 bits per heavy atom. The molecule has 188 valence electrons. The average Bonchev–Trinajstić information content (AvgIpc) is 2.77. The zero-order valence-corrected chi connectivity index (χ0v) is 21.3. The minimum Gasteiger partial charge on any atom is -0.394 e. The molecule has 0 radical (unpaired) electrons. The van der Waals surface area contributed by atoms with Gasteiger partial charge < -0.3 is 15.2 Å². The van der Waals surface area contributed by atoms with E-state index in [4.69, 9.17) is 4.74 Å². The molecule has 1 aliphatic heterocycles. The van der Waals surface area contributed by atoms with Crippen molar-refractivity contribution in [3.05, 3.63) is 41.2 Å². The average molecular weight is 492 g/mol. The lowest BCUT2D eigenvalue weighted by Gasteiger charge is -2.23. The summed E-state index contributed by atoms with van der Waals surface area (Å²) in [6, 6.07) is 8.44. The minimum absolute atomic E-state index is 0.0293. The fourth-order valence-corrected chi connectivity index (χ4v) is 4.66. The van der Waals surface area contributed by atoms with Crippen molar-refractivity contribution >= 4 is 21.9 Å². The zero-order chi connectivity index (χ0) is 24.7. The number of nitrogens with zero attached hydrogens (tertiary/aromatic N) is 3. The Hall–Kier alpha value is -2.30. The standard InChI is InChI=1S/C24H37N5O4S/c1-16(2)13-21(15-30)25-23-26-22(27-24(28-23)29-34(4,31)32)14-17(3)18-5-7-19(8-6-18)20-9-11-33-12-10-20/h5-8,16-17,20-21,30H,9-15H2,1-4H3,(H2,25,26,27,28,29). The molecule has 2 unspecified atom stereocenters. The highest BCUT2D eigenvalue weighted by Crippen LogP contribution is 2.29. The van der Waals surface area contributed by atoms with Gasteiger partial charge in [-0.25, -0.2) is 8.42 Å². The number of rotatable bonds is 11. The topological polar surface area (TPSA) is 126 Å². The molecule has 0 aliphatic carbocycles. The second-order valence-electron chi connectivity index (χ2n) is 9.58. The zero-order valence-electron chi connectivity index (χ0n) is 20.5. The van der Waals surface area contributed by atoms with Gasteiger partial charge >= 0.3 is 0 Å². The number of sulfonamides is 1. The van der Waals surface area contributed by atoms with Gasteiger partial charge in [-0.05, 0) is 48.1 Å². The third kappa shape index (κ3) is 8.18. The van der Waals surface area contributed by atoms with Crippen molar-refractivity contribution in [2.24, 2.45) is 5.92 Å². The first-order chi connectivity index (χ1) is 16.1. The second kappa shape index (κ2) is 11.9. The molecule has 2 aromatic rings. The predicted molar refractivity (Wildman–Crippen MR) is 134 cm³/mol. The summed E-state index contributed by atoms with van der Waals surface area (Å²) in [4.78, 5) is 13.1. The van der Waals surface area contributed by atoms with E-state index in [1.165, 1.54) is 5.56 Å². The van der Waals surface area contributed by atoms with Crippen LogP contribution in [0, 0.1) is 5.92 Å². The van der Waals surface area contributed by atoms with Gasteiger partial charge in [0.2, 0.25) is 21.9 Å². The van der Waals surface area contributed by atoms with E-state index in [-0.39, 0.29) is 30.5 Å². The van der Waals surface area contributed by atoms with Gasteiger partial charge in [-0.3, -0.25) is 4.72 Å². The molecule has 1 aliphatic rings. The largest absolute Gasteiger partial charge is 0.394 e. The van der Waals surface area contributed by atoms with Crippen LogP contribution < -0.4 is 10.0 Å². The molecule has 1 aromatic carbocycles. The van der Waals surface area contributed by atoms with E-state index >= 15 is 0 Å². The lowest BCUT2D eigenvalue weighted by atomic mass is 9.89. The van der Waals surface area contributed by atoms with Crippen LogP contribution in [0.2, 0.25) is 0 Å². The summed E-state index contributed by atoms with van der Waals surface area (Å²) >= 11 is 0. The number of aliphatic hydroxyl groups is 1. The highest BCUT2D eigenvalue weighted by molar-refractivity contribution is 7.91. The number of hydrogen-bond acceptors (Lipinski definition) is 8. The monoisotopic (exact) mass is 491 g/mol. The Kier molecular flexibility index (Phi) is 9.21. The fourth-order valence-electron chi connectivity index (χ4n) is 4.24. The third-order valence-corrected chi connectivity index (χ3v) is 6.51. The van der Waals surface area contributed by atoms with Crippen LogP contribution in [0.1, 0.15) is 68.8 Å². The van der Waals surface area contributed by atoms with Crippen molar-refractivity contribution in [2.75, 3.05) is 36.1 Å². The summed E-state index contributed by atoms with van der Waals surface area (Å²) < 4.78 is 31.4. The lowest BCUT2D eigenvalue weighted by molar-refractivity contribution is 0.0853. The van der Waals surface area contributed by atoms with Gasteiger partial charge in [-0.1, -0.05) is 45.0 Å². The van der Waals surface area contributed by atoms with Crippen molar-refractivity contribution in [1.29, 1.82) is 0 Å². The Morgan fingerprint density at radius 3 is 2.29 bits per heavy atom. The molecule has 3 rings (SSSR count). The summed E-state index contributed by atoms with van der Waals surface area (Å²) in [5, 5.41) is 12.8. The molecule has 1 saturated heterocycles. The molecule has 34 heavy (non-hydrogen) atoms. The second-order valence-corrected chi connectivity index (χ2v) is 11.3. The van der Waals surface area contributed by atoms with Gasteiger partial charge in [-0.2, -0.15) is 15.0 Å².